The van der Waals surface area contributed by atoms with Crippen LogP contribution >= 0.6 is 0 Å². The molecule has 0 unspecified atom stereocenters. The summed E-state index contributed by atoms with van der Waals surface area (Å²) in [4.78, 5) is 24.6. The van der Waals surface area contributed by atoms with E-state index in [2.05, 4.69) is 5.32 Å². The number of carbonyl (C=O) groups is 2. The highest BCUT2D eigenvalue weighted by molar-refractivity contribution is 7.90. The summed E-state index contributed by atoms with van der Waals surface area (Å²) in [5.41, 5.74) is 1.71. The molecule has 0 spiro atoms. The molecule has 8 heteroatoms. The van der Waals surface area contributed by atoms with Crippen molar-refractivity contribution < 1.29 is 27.5 Å². The van der Waals surface area contributed by atoms with Gasteiger partial charge in [0, 0.05) is 12.8 Å². The van der Waals surface area contributed by atoms with Crippen LogP contribution in [0.3, 0.4) is 0 Å². The number of amides is 1. The van der Waals surface area contributed by atoms with Crippen LogP contribution in [0.5, 0.6) is 5.75 Å². The number of ether oxygens (including phenoxy) is 2. The van der Waals surface area contributed by atoms with Crippen molar-refractivity contribution in [2.45, 2.75) is 31.3 Å². The topological polar surface area (TPSA) is 98.8 Å². The Bertz CT molecular complexity index is 983. The summed E-state index contributed by atoms with van der Waals surface area (Å²) in [7, 11) is -1.86. The zero-order chi connectivity index (χ0) is 21.6. The van der Waals surface area contributed by atoms with E-state index in [-0.39, 0.29) is 10.5 Å². The van der Waals surface area contributed by atoms with Gasteiger partial charge in [-0.05, 0) is 55.7 Å². The normalized spacial score (nSPS) is 12.1. The van der Waals surface area contributed by atoms with E-state index in [1.807, 2.05) is 24.3 Å². The Morgan fingerprint density at radius 1 is 1.10 bits per heavy atom. The minimum absolute atomic E-state index is 0.0200. The summed E-state index contributed by atoms with van der Waals surface area (Å²) in [6.45, 7) is 3.52. The van der Waals surface area contributed by atoms with Gasteiger partial charge in [-0.2, -0.15) is 0 Å². The van der Waals surface area contributed by atoms with Gasteiger partial charge in [0.1, 0.15) is 5.75 Å². The Morgan fingerprint density at radius 3 is 2.34 bits per heavy atom. The van der Waals surface area contributed by atoms with Crippen LogP contribution in [0.15, 0.2) is 47.4 Å². The average Bonchev–Trinajstić information content (AvgIpc) is 2.67. The summed E-state index contributed by atoms with van der Waals surface area (Å²) >= 11 is 0. The first-order chi connectivity index (χ1) is 13.6. The van der Waals surface area contributed by atoms with Crippen molar-refractivity contribution in [2.75, 3.05) is 19.9 Å². The lowest BCUT2D eigenvalue weighted by Crippen LogP contribution is -2.37. The fourth-order valence-electron chi connectivity index (χ4n) is 2.60. The molecule has 2 aromatic carbocycles. The van der Waals surface area contributed by atoms with E-state index in [0.29, 0.717) is 18.5 Å². The van der Waals surface area contributed by atoms with Crippen LogP contribution < -0.4 is 10.1 Å². The number of hydrogen-bond donors (Lipinski definition) is 1. The molecule has 0 saturated carbocycles. The largest absolute Gasteiger partial charge is 0.497 e. The molecular formula is C21H25NO6S. The maximum atomic E-state index is 12.4. The zero-order valence-electron chi connectivity index (χ0n) is 16.9. The second-order valence-corrected chi connectivity index (χ2v) is 8.70. The van der Waals surface area contributed by atoms with E-state index in [4.69, 9.17) is 9.47 Å². The summed E-state index contributed by atoms with van der Waals surface area (Å²) in [6, 6.07) is 11.7. The van der Waals surface area contributed by atoms with E-state index in [9.17, 15) is 18.0 Å². The number of sulfone groups is 1. The second kappa shape index (κ2) is 9.56. The van der Waals surface area contributed by atoms with E-state index in [1.54, 1.807) is 14.0 Å². The van der Waals surface area contributed by atoms with Crippen LogP contribution in [0, 0.1) is 6.92 Å². The molecule has 0 heterocycles. The highest BCUT2D eigenvalue weighted by Crippen LogP contribution is 2.17. The number of aryl methyl sites for hydroxylation is 1. The van der Waals surface area contributed by atoms with E-state index < -0.39 is 27.8 Å². The van der Waals surface area contributed by atoms with Gasteiger partial charge in [0.25, 0.3) is 5.91 Å². The predicted octanol–water partition coefficient (Wildman–Crippen LogP) is 2.31. The maximum Gasteiger partial charge on any atom is 0.339 e. The zero-order valence-corrected chi connectivity index (χ0v) is 17.7. The molecule has 0 saturated heterocycles. The highest BCUT2D eigenvalue weighted by atomic mass is 32.2. The predicted molar refractivity (Wildman–Crippen MR) is 109 cm³/mol. The lowest BCUT2D eigenvalue weighted by Gasteiger charge is -2.15. The summed E-state index contributed by atoms with van der Waals surface area (Å²) < 4.78 is 33.7. The Morgan fingerprint density at radius 2 is 1.76 bits per heavy atom. The summed E-state index contributed by atoms with van der Waals surface area (Å²) in [5, 5.41) is 2.72. The first-order valence-corrected chi connectivity index (χ1v) is 10.9. The van der Waals surface area contributed by atoms with Gasteiger partial charge in [-0.25, -0.2) is 13.2 Å². The fourth-order valence-corrected chi connectivity index (χ4v) is 3.24. The van der Waals surface area contributed by atoms with Crippen molar-refractivity contribution in [1.29, 1.82) is 0 Å². The standard InChI is InChI=1S/C21H25NO6S/c1-14-5-10-18(29(4,25)26)13-19(14)21(24)28-15(2)20(23)22-12-11-16-6-8-17(27-3)9-7-16/h5-10,13,15H,11-12H2,1-4H3,(H,22,23)/t15-/m0/s1. The van der Waals surface area contributed by atoms with Crippen molar-refractivity contribution in [1.82, 2.24) is 5.32 Å². The number of carbonyl (C=O) groups excluding carboxylic acids is 2. The van der Waals surface area contributed by atoms with Crippen LogP contribution in [-0.2, 0) is 25.8 Å². The molecule has 2 aromatic rings. The minimum atomic E-state index is -3.46. The summed E-state index contributed by atoms with van der Waals surface area (Å²) in [5.74, 6) is -0.414. The summed E-state index contributed by atoms with van der Waals surface area (Å²) in [6.07, 6.45) is 0.664. The maximum absolute atomic E-state index is 12.4. The second-order valence-electron chi connectivity index (χ2n) is 6.69. The van der Waals surface area contributed by atoms with Crippen LogP contribution in [0.1, 0.15) is 28.4 Å². The fraction of sp³-hybridized carbons (Fsp3) is 0.333. The lowest BCUT2D eigenvalue weighted by atomic mass is 10.1. The molecule has 7 nitrogen and oxygen atoms in total. The van der Waals surface area contributed by atoms with Gasteiger partial charge in [-0.1, -0.05) is 18.2 Å². The molecule has 1 atom stereocenters. The molecule has 0 fully saturated rings. The van der Waals surface area contributed by atoms with Crippen molar-refractivity contribution in [2.24, 2.45) is 0 Å². The highest BCUT2D eigenvalue weighted by Gasteiger charge is 2.21. The van der Waals surface area contributed by atoms with E-state index in [0.717, 1.165) is 17.6 Å². The molecule has 1 amide bonds. The number of nitrogens with one attached hydrogen (secondary N) is 1. The number of benzene rings is 2. The number of hydrogen-bond acceptors (Lipinski definition) is 6. The third kappa shape index (κ3) is 6.32. The molecule has 0 aromatic heterocycles. The quantitative estimate of drug-likeness (QED) is 0.660. The molecule has 29 heavy (non-hydrogen) atoms. The number of methoxy groups -OCH3 is 1. The molecule has 156 valence electrons. The molecule has 0 radical (unpaired) electrons. The van der Waals surface area contributed by atoms with Crippen LogP contribution in [0.2, 0.25) is 0 Å². The number of esters is 1. The Labute approximate surface area is 170 Å². The van der Waals surface area contributed by atoms with Crippen molar-refractivity contribution >= 4 is 21.7 Å². The van der Waals surface area contributed by atoms with E-state index >= 15 is 0 Å². The Balaban J connectivity index is 1.92. The van der Waals surface area contributed by atoms with Crippen LogP contribution in [0.4, 0.5) is 0 Å². The monoisotopic (exact) mass is 419 g/mol. The Kier molecular flexibility index (Phi) is 7.39. The van der Waals surface area contributed by atoms with Gasteiger partial charge < -0.3 is 14.8 Å². The molecule has 0 aliphatic heterocycles. The smallest absolute Gasteiger partial charge is 0.339 e. The van der Waals surface area contributed by atoms with Gasteiger partial charge in [-0.3, -0.25) is 4.79 Å². The van der Waals surface area contributed by atoms with Gasteiger partial charge in [-0.15, -0.1) is 0 Å². The van der Waals surface area contributed by atoms with Crippen LogP contribution in [0.25, 0.3) is 0 Å². The van der Waals surface area contributed by atoms with Crippen LogP contribution in [-0.4, -0.2) is 46.3 Å². The third-order valence-corrected chi connectivity index (χ3v) is 5.49. The van der Waals surface area contributed by atoms with Crippen molar-refractivity contribution in [3.8, 4) is 5.75 Å². The van der Waals surface area contributed by atoms with Gasteiger partial charge >= 0.3 is 5.97 Å². The molecule has 2 rings (SSSR count). The van der Waals surface area contributed by atoms with Gasteiger partial charge in [0.05, 0.1) is 17.6 Å². The average molecular weight is 419 g/mol. The molecule has 0 bridgehead atoms. The van der Waals surface area contributed by atoms with Crippen molar-refractivity contribution in [3.63, 3.8) is 0 Å². The first-order valence-electron chi connectivity index (χ1n) is 9.04. The van der Waals surface area contributed by atoms with E-state index in [1.165, 1.54) is 25.1 Å². The molecule has 0 aliphatic rings. The molecule has 0 aliphatic carbocycles. The lowest BCUT2D eigenvalue weighted by molar-refractivity contribution is -0.129. The Hall–Kier alpha value is -2.87. The van der Waals surface area contributed by atoms with Gasteiger partial charge in [0.2, 0.25) is 0 Å². The minimum Gasteiger partial charge on any atom is -0.497 e. The SMILES string of the molecule is COc1ccc(CCNC(=O)[C@H](C)OC(=O)c2cc(S(C)(=O)=O)ccc2C)cc1. The number of rotatable bonds is 8. The third-order valence-electron chi connectivity index (χ3n) is 4.38. The van der Waals surface area contributed by atoms with Crippen molar-refractivity contribution in [3.05, 3.63) is 59.2 Å². The van der Waals surface area contributed by atoms with Gasteiger partial charge in [0.15, 0.2) is 15.9 Å². The first kappa shape index (κ1) is 22.4. The molecular weight excluding hydrogens is 394 g/mol. The molecule has 1 N–H and O–H groups in total.